The third-order valence-electron chi connectivity index (χ3n) is 4.76. The van der Waals surface area contributed by atoms with Crippen LogP contribution in [0.5, 0.6) is 0 Å². The van der Waals surface area contributed by atoms with Crippen LogP contribution < -0.4 is 0 Å². The zero-order valence-electron chi connectivity index (χ0n) is 12.9. The molecule has 122 valence electrons. The van der Waals surface area contributed by atoms with Crippen molar-refractivity contribution in [1.82, 2.24) is 0 Å². The van der Waals surface area contributed by atoms with Gasteiger partial charge in [-0.2, -0.15) is 0 Å². The minimum Gasteiger partial charge on any atom is -0.469 e. The van der Waals surface area contributed by atoms with Gasteiger partial charge in [0, 0.05) is 0 Å². The van der Waals surface area contributed by atoms with Crippen molar-refractivity contribution in [3.63, 3.8) is 0 Å². The number of hydrogen-bond donors (Lipinski definition) is 0. The molecule has 3 aliphatic rings. The molecule has 2 saturated heterocycles. The van der Waals surface area contributed by atoms with Crippen LogP contribution >= 0.6 is 23.5 Å². The summed E-state index contributed by atoms with van der Waals surface area (Å²) in [6.45, 7) is 1.74. The third-order valence-corrected chi connectivity index (χ3v) is 7.97. The molecule has 2 fully saturated rings. The first kappa shape index (κ1) is 16.2. The van der Waals surface area contributed by atoms with Gasteiger partial charge >= 0.3 is 11.9 Å². The van der Waals surface area contributed by atoms with E-state index in [-0.39, 0.29) is 4.58 Å². The molecule has 0 saturated carbocycles. The molecule has 0 aromatic rings. The highest BCUT2D eigenvalue weighted by molar-refractivity contribution is 8.17. The molecule has 0 N–H and O–H groups in total. The fraction of sp³-hybridized carbons (Fsp3) is 0.733. The Morgan fingerprint density at radius 1 is 1.23 bits per heavy atom. The Labute approximate surface area is 138 Å². The number of hydrogen-bond acceptors (Lipinski definition) is 7. The maximum Gasteiger partial charge on any atom is 0.315 e. The summed E-state index contributed by atoms with van der Waals surface area (Å²) in [6, 6.07) is 0. The van der Waals surface area contributed by atoms with Gasteiger partial charge in [-0.25, -0.2) is 0 Å². The van der Waals surface area contributed by atoms with Crippen LogP contribution in [0, 0.1) is 11.3 Å². The highest BCUT2D eigenvalue weighted by Gasteiger charge is 2.72. The van der Waals surface area contributed by atoms with Crippen molar-refractivity contribution in [3.8, 4) is 0 Å². The summed E-state index contributed by atoms with van der Waals surface area (Å²) in [5.74, 6) is 0.542. The maximum absolute atomic E-state index is 12.5. The SMILES string of the molecule is COC(=O)[C@@H]1[C@](C)(C(=O)OC)[C@@H]2C=C[C@@]1(C1SCCCS1)O2. The Bertz CT molecular complexity index is 516. The number of ether oxygens (including phenoxy) is 3. The van der Waals surface area contributed by atoms with Crippen molar-refractivity contribution in [3.05, 3.63) is 12.2 Å². The summed E-state index contributed by atoms with van der Waals surface area (Å²) in [5.41, 5.74) is -1.84. The predicted octanol–water partition coefficient (Wildman–Crippen LogP) is 1.86. The summed E-state index contributed by atoms with van der Waals surface area (Å²) in [4.78, 5) is 24.9. The molecule has 3 heterocycles. The van der Waals surface area contributed by atoms with Crippen LogP contribution in [-0.2, 0) is 23.8 Å². The Hall–Kier alpha value is -0.660. The van der Waals surface area contributed by atoms with Crippen molar-refractivity contribution in [2.75, 3.05) is 25.7 Å². The number of methoxy groups -OCH3 is 2. The molecule has 4 atom stereocenters. The lowest BCUT2D eigenvalue weighted by atomic mass is 9.65. The van der Waals surface area contributed by atoms with Gasteiger partial charge in [0.15, 0.2) is 0 Å². The standard InChI is InChI=1S/C15H20O5S2/c1-14(12(17)19-3)9-5-6-15(20-9,10(14)11(16)18-2)13-21-7-4-8-22-13/h5-6,9-10,13H,4,7-8H2,1-3H3/t9-,10+,14+,15+/m0/s1. The summed E-state index contributed by atoms with van der Waals surface area (Å²) in [7, 11) is 2.69. The lowest BCUT2D eigenvalue weighted by molar-refractivity contribution is -0.165. The topological polar surface area (TPSA) is 61.8 Å². The van der Waals surface area contributed by atoms with E-state index in [1.54, 1.807) is 30.4 Å². The van der Waals surface area contributed by atoms with E-state index in [9.17, 15) is 9.59 Å². The quantitative estimate of drug-likeness (QED) is 0.572. The Morgan fingerprint density at radius 3 is 2.50 bits per heavy atom. The summed E-state index contributed by atoms with van der Waals surface area (Å²) >= 11 is 3.58. The van der Waals surface area contributed by atoms with Gasteiger partial charge < -0.3 is 14.2 Å². The molecule has 2 bridgehead atoms. The van der Waals surface area contributed by atoms with Gasteiger partial charge in [0.2, 0.25) is 0 Å². The largest absolute Gasteiger partial charge is 0.469 e. The number of thioether (sulfide) groups is 2. The molecule has 7 heteroatoms. The Kier molecular flexibility index (Phi) is 4.24. The third kappa shape index (κ3) is 2.05. The number of rotatable bonds is 3. The van der Waals surface area contributed by atoms with Crippen molar-refractivity contribution >= 4 is 35.5 Å². The van der Waals surface area contributed by atoms with E-state index in [1.165, 1.54) is 14.2 Å². The first-order valence-corrected chi connectivity index (χ1v) is 9.37. The lowest BCUT2D eigenvalue weighted by Crippen LogP contribution is -2.54. The number of carbonyl (C=O) groups is 2. The minimum absolute atomic E-state index is 0.0816. The maximum atomic E-state index is 12.5. The number of esters is 2. The second kappa shape index (κ2) is 5.76. The monoisotopic (exact) mass is 344 g/mol. The van der Waals surface area contributed by atoms with E-state index in [1.807, 2.05) is 12.2 Å². The van der Waals surface area contributed by atoms with E-state index in [2.05, 4.69) is 0 Å². The van der Waals surface area contributed by atoms with E-state index >= 15 is 0 Å². The van der Waals surface area contributed by atoms with Gasteiger partial charge in [-0.3, -0.25) is 9.59 Å². The van der Waals surface area contributed by atoms with E-state index in [4.69, 9.17) is 14.2 Å². The van der Waals surface area contributed by atoms with Crippen molar-refractivity contribution < 1.29 is 23.8 Å². The predicted molar refractivity (Wildman–Crippen MR) is 85.7 cm³/mol. The van der Waals surface area contributed by atoms with Crippen LogP contribution in [0.2, 0.25) is 0 Å². The zero-order chi connectivity index (χ0) is 16.0. The molecular weight excluding hydrogens is 324 g/mol. The normalized spacial score (nSPS) is 40.7. The summed E-state index contributed by atoms with van der Waals surface area (Å²) in [6.07, 6.45) is 4.55. The zero-order valence-corrected chi connectivity index (χ0v) is 14.5. The van der Waals surface area contributed by atoms with Crippen LogP contribution in [0.15, 0.2) is 12.2 Å². The lowest BCUT2D eigenvalue weighted by Gasteiger charge is -2.41. The van der Waals surface area contributed by atoms with Crippen molar-refractivity contribution in [1.29, 1.82) is 0 Å². The van der Waals surface area contributed by atoms with Gasteiger partial charge in [-0.05, 0) is 24.9 Å². The molecule has 0 amide bonds. The Balaban J connectivity index is 2.05. The van der Waals surface area contributed by atoms with E-state index < -0.39 is 35.0 Å². The number of carbonyl (C=O) groups excluding carboxylic acids is 2. The van der Waals surface area contributed by atoms with Crippen LogP contribution in [0.25, 0.3) is 0 Å². The first-order valence-electron chi connectivity index (χ1n) is 7.27. The van der Waals surface area contributed by atoms with E-state index in [0.717, 1.165) is 17.9 Å². The Morgan fingerprint density at radius 2 is 1.91 bits per heavy atom. The fourth-order valence-electron chi connectivity index (χ4n) is 3.68. The van der Waals surface area contributed by atoms with Crippen LogP contribution in [0.1, 0.15) is 13.3 Å². The second-order valence-electron chi connectivity index (χ2n) is 5.91. The number of fused-ring (bicyclic) bond motifs is 2. The van der Waals surface area contributed by atoms with Crippen LogP contribution in [0.3, 0.4) is 0 Å². The molecule has 0 spiro atoms. The average molecular weight is 344 g/mol. The molecule has 5 nitrogen and oxygen atoms in total. The minimum atomic E-state index is -1.05. The molecule has 22 heavy (non-hydrogen) atoms. The molecule has 0 unspecified atom stereocenters. The average Bonchev–Trinajstić information content (AvgIpc) is 3.10. The molecular formula is C15H20O5S2. The highest BCUT2D eigenvalue weighted by Crippen LogP contribution is 2.61. The second-order valence-corrected chi connectivity index (χ2v) is 8.63. The molecule has 0 aliphatic carbocycles. The molecule has 0 radical (unpaired) electrons. The highest BCUT2D eigenvalue weighted by atomic mass is 32.2. The summed E-state index contributed by atoms with van der Waals surface area (Å²) in [5, 5.41) is 0. The summed E-state index contributed by atoms with van der Waals surface area (Å²) < 4.78 is 16.3. The smallest absolute Gasteiger partial charge is 0.315 e. The molecule has 0 aromatic heterocycles. The molecule has 3 rings (SSSR count). The molecule has 3 aliphatic heterocycles. The van der Waals surface area contributed by atoms with Crippen molar-refractivity contribution in [2.45, 2.75) is 29.6 Å². The molecule has 0 aromatic carbocycles. The van der Waals surface area contributed by atoms with Gasteiger partial charge in [0.05, 0.1) is 24.9 Å². The van der Waals surface area contributed by atoms with Crippen molar-refractivity contribution in [2.24, 2.45) is 11.3 Å². The van der Waals surface area contributed by atoms with Gasteiger partial charge in [-0.15, -0.1) is 23.5 Å². The van der Waals surface area contributed by atoms with Gasteiger partial charge in [-0.1, -0.05) is 12.2 Å². The fourth-order valence-corrected chi connectivity index (χ4v) is 6.93. The van der Waals surface area contributed by atoms with Gasteiger partial charge in [0.25, 0.3) is 0 Å². The van der Waals surface area contributed by atoms with Crippen LogP contribution in [0.4, 0.5) is 0 Å². The van der Waals surface area contributed by atoms with Gasteiger partial charge in [0.1, 0.15) is 16.9 Å². The van der Waals surface area contributed by atoms with E-state index in [0.29, 0.717) is 0 Å². The first-order chi connectivity index (χ1) is 10.5. The van der Waals surface area contributed by atoms with Crippen LogP contribution in [-0.4, -0.2) is 54.0 Å².